The minimum Gasteiger partial charge on any atom is -0.475 e. The highest BCUT2D eigenvalue weighted by Gasteiger charge is 2.38. The van der Waals surface area contributed by atoms with Crippen molar-refractivity contribution >= 4 is 40.4 Å². The Bertz CT molecular complexity index is 448. The molecule has 0 saturated heterocycles. The Hall–Kier alpha value is -1.55. The molecule has 0 aliphatic rings. The lowest BCUT2D eigenvalue weighted by Crippen LogP contribution is -2.46. The Morgan fingerprint density at radius 3 is 2.05 bits per heavy atom. The second-order valence-corrected chi connectivity index (χ2v) is 4.87. The normalized spacial score (nSPS) is 14.3. The molecule has 0 aromatic rings. The van der Waals surface area contributed by atoms with Crippen molar-refractivity contribution in [2.75, 3.05) is 0 Å². The quantitative estimate of drug-likeness (QED) is 0.253. The Morgan fingerprint density at radius 2 is 1.77 bits per heavy atom. The van der Waals surface area contributed by atoms with Crippen LogP contribution in [0.15, 0.2) is 0 Å². The largest absolute Gasteiger partial charge is 0.490 e. The van der Waals surface area contributed by atoms with E-state index in [2.05, 4.69) is 11.2 Å². The Labute approximate surface area is 137 Å². The number of carboxylic acid groups (broad SMARTS) is 1. The van der Waals surface area contributed by atoms with Crippen LogP contribution in [0.3, 0.4) is 0 Å². The van der Waals surface area contributed by atoms with Crippen molar-refractivity contribution in [3.05, 3.63) is 0 Å². The van der Waals surface area contributed by atoms with Gasteiger partial charge in [-0.3, -0.25) is 4.79 Å². The maximum atomic E-state index is 11.3. The molecule has 1 unspecified atom stereocenters. The van der Waals surface area contributed by atoms with Crippen molar-refractivity contribution in [1.29, 1.82) is 0 Å². The first-order chi connectivity index (χ1) is 9.82. The van der Waals surface area contributed by atoms with Gasteiger partial charge in [0.2, 0.25) is 10.0 Å². The third-order valence-electron chi connectivity index (χ3n) is 1.72. The molecule has 0 spiro atoms. The molecule has 3 atom stereocenters. The minimum atomic E-state index is -5.08. The number of hydrogen-bond acceptors (Lipinski definition) is 5. The maximum absolute atomic E-state index is 11.3. The lowest BCUT2D eigenvalue weighted by molar-refractivity contribution is -0.192. The predicted octanol–water partition coefficient (Wildman–Crippen LogP) is 0.409. The summed E-state index contributed by atoms with van der Waals surface area (Å²) in [6.07, 6.45) is -0.0554. The monoisotopic (exact) mass is 438 g/mol. The van der Waals surface area contributed by atoms with Gasteiger partial charge in [0.25, 0.3) is 0 Å². The van der Waals surface area contributed by atoms with E-state index in [1.807, 2.05) is 0 Å². The first kappa shape index (κ1) is 22.7. The number of nitrogens with one attached hydrogen (secondary N) is 1. The molecule has 0 aliphatic heterocycles. The maximum Gasteiger partial charge on any atom is 0.490 e. The number of amides is 1. The van der Waals surface area contributed by atoms with Gasteiger partial charge in [0, 0.05) is 0 Å². The van der Waals surface area contributed by atoms with E-state index < -0.39 is 40.2 Å². The van der Waals surface area contributed by atoms with Gasteiger partial charge < -0.3 is 20.9 Å². The highest BCUT2D eigenvalue weighted by Crippen LogP contribution is 2.13. The number of rotatable bonds is 4. The number of alkyl halides is 4. The zero-order valence-corrected chi connectivity index (χ0v) is 13.6. The van der Waals surface area contributed by atoms with Gasteiger partial charge in [-0.2, -0.15) is 13.2 Å². The third-order valence-corrected chi connectivity index (χ3v) is 2.33. The highest BCUT2D eigenvalue weighted by atomic mass is 127. The van der Waals surface area contributed by atoms with Crippen LogP contribution in [-0.2, 0) is 19.1 Å². The highest BCUT2D eigenvalue weighted by molar-refractivity contribution is 14.1. The van der Waals surface area contributed by atoms with Gasteiger partial charge in [0.05, 0.1) is 6.04 Å². The van der Waals surface area contributed by atoms with Crippen LogP contribution in [-0.4, -0.2) is 45.3 Å². The molecule has 0 aromatic carbocycles. The van der Waals surface area contributed by atoms with Crippen LogP contribution in [0.25, 0.3) is 0 Å². The molecule has 7 nitrogen and oxygen atoms in total. The summed E-state index contributed by atoms with van der Waals surface area (Å²) in [6.45, 7) is 3.03. The number of carbonyl (C=O) groups excluding carboxylic acids is 2. The molecule has 0 rings (SSSR count). The fourth-order valence-corrected chi connectivity index (χ4v) is 0.892. The first-order valence-corrected chi connectivity index (χ1v) is 6.74. The molecule has 0 saturated carbocycles. The van der Waals surface area contributed by atoms with Gasteiger partial charge in [-0.15, -0.1) is 6.42 Å². The topological polar surface area (TPSA) is 119 Å². The van der Waals surface area contributed by atoms with Crippen LogP contribution < -0.4 is 11.1 Å². The zero-order chi connectivity index (χ0) is 18.1. The summed E-state index contributed by atoms with van der Waals surface area (Å²) < 4.78 is 35.9. The average Bonchev–Trinajstić information content (AvgIpc) is 2.37. The number of ether oxygens (including phenoxy) is 1. The number of carboxylic acids is 1. The summed E-state index contributed by atoms with van der Waals surface area (Å²) >= 11 is 1.78. The van der Waals surface area contributed by atoms with Crippen LogP contribution in [0.5, 0.6) is 0 Å². The standard InChI is InChI=1S/C9H13IN2O3.C2HF3O2/c1-4-7(10)15-9(14)6(3)12-8(13)5(2)11;3-2(4,5)1(6)7/h1,5-7H,11H2,2-3H3,(H,12,13);(H,6,7)/t5-,6-,7?;/m0./s1. The molecule has 0 heterocycles. The molecular formula is C11H14F3IN2O5. The second kappa shape index (κ2) is 10.2. The van der Waals surface area contributed by atoms with Crippen molar-refractivity contribution in [2.45, 2.75) is 36.2 Å². The summed E-state index contributed by atoms with van der Waals surface area (Å²) in [5.41, 5.74) is 5.31. The van der Waals surface area contributed by atoms with Crippen molar-refractivity contribution < 1.29 is 37.4 Å². The molecule has 0 bridgehead atoms. The van der Waals surface area contributed by atoms with E-state index in [1.165, 1.54) is 13.8 Å². The Kier molecular flexibility index (Phi) is 10.6. The van der Waals surface area contributed by atoms with Crippen molar-refractivity contribution in [3.8, 4) is 12.3 Å². The molecule has 0 aromatic heterocycles. The first-order valence-electron chi connectivity index (χ1n) is 5.49. The van der Waals surface area contributed by atoms with Crippen molar-refractivity contribution in [3.63, 3.8) is 0 Å². The summed E-state index contributed by atoms with van der Waals surface area (Å²) in [4.78, 5) is 31.3. The lowest BCUT2D eigenvalue weighted by Gasteiger charge is -2.15. The predicted molar refractivity (Wildman–Crippen MR) is 77.7 cm³/mol. The molecule has 126 valence electrons. The number of halogens is 4. The molecule has 0 fully saturated rings. The lowest BCUT2D eigenvalue weighted by atomic mass is 10.3. The van der Waals surface area contributed by atoms with Crippen LogP contribution in [0.4, 0.5) is 13.2 Å². The van der Waals surface area contributed by atoms with E-state index in [9.17, 15) is 22.8 Å². The molecule has 11 heteroatoms. The summed E-state index contributed by atoms with van der Waals surface area (Å²) in [5, 5.41) is 9.52. The van der Waals surface area contributed by atoms with Gasteiger partial charge in [0.1, 0.15) is 6.04 Å². The van der Waals surface area contributed by atoms with Crippen LogP contribution in [0.1, 0.15) is 13.8 Å². The molecule has 22 heavy (non-hydrogen) atoms. The summed E-state index contributed by atoms with van der Waals surface area (Å²) in [5.74, 6) is -1.52. The van der Waals surface area contributed by atoms with Crippen molar-refractivity contribution in [2.24, 2.45) is 5.73 Å². The molecule has 0 radical (unpaired) electrons. The van der Waals surface area contributed by atoms with Gasteiger partial charge >= 0.3 is 18.1 Å². The number of terminal acetylenes is 1. The summed E-state index contributed by atoms with van der Waals surface area (Å²) in [7, 11) is 0. The van der Waals surface area contributed by atoms with Gasteiger partial charge in [-0.1, -0.05) is 5.92 Å². The number of hydrogen-bond donors (Lipinski definition) is 3. The Morgan fingerprint density at radius 1 is 1.36 bits per heavy atom. The van der Waals surface area contributed by atoms with Crippen molar-refractivity contribution in [1.82, 2.24) is 5.32 Å². The van der Waals surface area contributed by atoms with Crippen LogP contribution in [0.2, 0.25) is 0 Å². The molecule has 0 aliphatic carbocycles. The van der Waals surface area contributed by atoms with E-state index in [-0.39, 0.29) is 0 Å². The average molecular weight is 438 g/mol. The van der Waals surface area contributed by atoms with E-state index in [0.29, 0.717) is 0 Å². The molecular weight excluding hydrogens is 424 g/mol. The number of carbonyl (C=O) groups is 3. The van der Waals surface area contributed by atoms with Gasteiger partial charge in [-0.25, -0.2) is 9.59 Å². The minimum absolute atomic E-state index is 0.412. The number of aliphatic carboxylic acids is 1. The van der Waals surface area contributed by atoms with Gasteiger partial charge in [-0.05, 0) is 36.4 Å². The Balaban J connectivity index is 0. The van der Waals surface area contributed by atoms with E-state index >= 15 is 0 Å². The SMILES string of the molecule is C#CC(I)OC(=O)[C@H](C)NC(=O)[C@H](C)N.O=C(O)C(F)(F)F. The fraction of sp³-hybridized carbons (Fsp3) is 0.545. The van der Waals surface area contributed by atoms with E-state index in [1.54, 1.807) is 22.6 Å². The summed E-state index contributed by atoms with van der Waals surface area (Å²) in [6, 6.07) is -1.42. The third kappa shape index (κ3) is 11.1. The molecule has 4 N–H and O–H groups in total. The van der Waals surface area contributed by atoms with Crippen LogP contribution >= 0.6 is 22.6 Å². The number of nitrogens with two attached hydrogens (primary N) is 1. The van der Waals surface area contributed by atoms with E-state index in [4.69, 9.17) is 26.8 Å². The smallest absolute Gasteiger partial charge is 0.475 e. The van der Waals surface area contributed by atoms with Crippen LogP contribution in [0, 0.1) is 12.3 Å². The number of esters is 1. The molecule has 1 amide bonds. The zero-order valence-electron chi connectivity index (χ0n) is 11.5. The van der Waals surface area contributed by atoms with E-state index in [0.717, 1.165) is 0 Å². The van der Waals surface area contributed by atoms with Gasteiger partial charge in [0.15, 0.2) is 0 Å². The second-order valence-electron chi connectivity index (χ2n) is 3.74. The fourth-order valence-electron chi connectivity index (χ4n) is 0.642.